The molecule has 1 saturated carbocycles. The van der Waals surface area contributed by atoms with Crippen LogP contribution in [0.4, 0.5) is 18.9 Å². The van der Waals surface area contributed by atoms with Crippen molar-refractivity contribution in [3.8, 4) is 0 Å². The van der Waals surface area contributed by atoms with Gasteiger partial charge in [0.05, 0.1) is 11.1 Å². The Labute approximate surface area is 150 Å². The van der Waals surface area contributed by atoms with Gasteiger partial charge in [-0.05, 0) is 37.0 Å². The minimum absolute atomic E-state index is 0.140. The number of pyridine rings is 1. The smallest absolute Gasteiger partial charge is 0.368 e. The van der Waals surface area contributed by atoms with E-state index in [1.807, 2.05) is 6.07 Å². The van der Waals surface area contributed by atoms with Crippen LogP contribution in [0.5, 0.6) is 0 Å². The van der Waals surface area contributed by atoms with Crippen molar-refractivity contribution in [1.29, 1.82) is 0 Å². The lowest BCUT2D eigenvalue weighted by molar-refractivity contribution is -0.136. The minimum atomic E-state index is -4.53. The summed E-state index contributed by atoms with van der Waals surface area (Å²) >= 11 is 0. The Hall–Kier alpha value is -1.98. The van der Waals surface area contributed by atoms with E-state index in [1.54, 1.807) is 13.1 Å². The van der Waals surface area contributed by atoms with Gasteiger partial charge in [-0.25, -0.2) is 0 Å². The molecule has 4 rings (SSSR count). The maximum atomic E-state index is 13.6. The molecule has 0 saturated heterocycles. The lowest BCUT2D eigenvalue weighted by Crippen LogP contribution is -2.36. The van der Waals surface area contributed by atoms with Gasteiger partial charge in [-0.2, -0.15) is 13.2 Å². The Morgan fingerprint density at radius 2 is 1.88 bits per heavy atom. The van der Waals surface area contributed by atoms with E-state index in [0.29, 0.717) is 17.5 Å². The fourth-order valence-corrected chi connectivity index (χ4v) is 4.84. The summed E-state index contributed by atoms with van der Waals surface area (Å²) in [6.07, 6.45) is 0.853. The number of hydrogen-bond acceptors (Lipinski definition) is 2. The molecule has 0 unspecified atom stereocenters. The molecule has 1 aliphatic heterocycles. The maximum Gasteiger partial charge on any atom is 0.417 e. The predicted octanol–water partition coefficient (Wildman–Crippen LogP) is 4.81. The van der Waals surface area contributed by atoms with Crippen molar-refractivity contribution in [1.82, 2.24) is 4.57 Å². The highest BCUT2D eigenvalue weighted by Crippen LogP contribution is 2.49. The van der Waals surface area contributed by atoms with Gasteiger partial charge >= 0.3 is 6.18 Å². The standard InChI is InChI=1S/C20H23F3N2O/c1-3-8-25-16-7-5-4-6-12(16)13-9-14-15(20(21,22)23)10-19(26)24(2)17(14)11-18(13)25/h9-12,16H,3-8H2,1-2H3/t12-,16-/m1/s1. The Balaban J connectivity index is 2.01. The Bertz CT molecular complexity index is 916. The van der Waals surface area contributed by atoms with Gasteiger partial charge < -0.3 is 9.47 Å². The summed E-state index contributed by atoms with van der Waals surface area (Å²) in [6, 6.07) is 4.63. The third-order valence-electron chi connectivity index (χ3n) is 6.00. The van der Waals surface area contributed by atoms with Crippen LogP contribution in [-0.4, -0.2) is 17.2 Å². The van der Waals surface area contributed by atoms with Crippen molar-refractivity contribution in [3.05, 3.63) is 39.7 Å². The van der Waals surface area contributed by atoms with Crippen molar-refractivity contribution in [2.75, 3.05) is 11.4 Å². The number of aromatic nitrogens is 1. The second-order valence-electron chi connectivity index (χ2n) is 7.53. The fourth-order valence-electron chi connectivity index (χ4n) is 4.84. The number of fused-ring (bicyclic) bond motifs is 4. The zero-order valence-electron chi connectivity index (χ0n) is 15.1. The molecule has 2 aromatic rings. The summed E-state index contributed by atoms with van der Waals surface area (Å²) in [4.78, 5) is 14.5. The Morgan fingerprint density at radius 3 is 2.58 bits per heavy atom. The minimum Gasteiger partial charge on any atom is -0.368 e. The predicted molar refractivity (Wildman–Crippen MR) is 96.8 cm³/mol. The number of anilines is 1. The van der Waals surface area contributed by atoms with Gasteiger partial charge in [0.15, 0.2) is 0 Å². The molecule has 1 aliphatic carbocycles. The lowest BCUT2D eigenvalue weighted by Gasteiger charge is -2.33. The van der Waals surface area contributed by atoms with Gasteiger partial charge in [-0.1, -0.05) is 19.8 Å². The monoisotopic (exact) mass is 364 g/mol. The first kappa shape index (κ1) is 17.4. The summed E-state index contributed by atoms with van der Waals surface area (Å²) in [5, 5.41) is 0.140. The molecule has 3 nitrogen and oxygen atoms in total. The first-order chi connectivity index (χ1) is 12.3. The largest absolute Gasteiger partial charge is 0.417 e. The average molecular weight is 364 g/mol. The van der Waals surface area contributed by atoms with Crippen LogP contribution in [0.3, 0.4) is 0 Å². The topological polar surface area (TPSA) is 25.2 Å². The van der Waals surface area contributed by atoms with Crippen molar-refractivity contribution in [3.63, 3.8) is 0 Å². The van der Waals surface area contributed by atoms with E-state index in [9.17, 15) is 18.0 Å². The molecular formula is C20H23F3N2O. The van der Waals surface area contributed by atoms with Crippen molar-refractivity contribution < 1.29 is 13.2 Å². The zero-order valence-corrected chi connectivity index (χ0v) is 15.1. The number of nitrogens with zero attached hydrogens (tertiary/aromatic N) is 2. The fraction of sp³-hybridized carbons (Fsp3) is 0.550. The van der Waals surface area contributed by atoms with Crippen LogP contribution in [0.1, 0.15) is 56.1 Å². The molecule has 0 radical (unpaired) electrons. The molecule has 0 spiro atoms. The van der Waals surface area contributed by atoms with E-state index in [-0.39, 0.29) is 5.39 Å². The van der Waals surface area contributed by atoms with Crippen molar-refractivity contribution in [2.45, 2.75) is 57.2 Å². The highest BCUT2D eigenvalue weighted by Gasteiger charge is 2.41. The van der Waals surface area contributed by atoms with E-state index in [1.165, 1.54) is 11.0 Å². The third-order valence-corrected chi connectivity index (χ3v) is 6.00. The number of benzene rings is 1. The van der Waals surface area contributed by atoms with Crippen LogP contribution in [0.15, 0.2) is 23.0 Å². The number of halogens is 3. The SMILES string of the molecule is CCCN1c2cc3c(cc2[C@H]2CCCC[C@H]21)c(C(F)(F)F)cc(=O)n3C. The summed E-state index contributed by atoms with van der Waals surface area (Å²) in [6.45, 7) is 3.01. The average Bonchev–Trinajstić information content (AvgIpc) is 2.90. The molecule has 2 heterocycles. The Kier molecular flexibility index (Phi) is 4.04. The molecule has 0 N–H and O–H groups in total. The summed E-state index contributed by atoms with van der Waals surface area (Å²) in [7, 11) is 1.55. The first-order valence-electron chi connectivity index (χ1n) is 9.34. The van der Waals surface area contributed by atoms with Gasteiger partial charge in [0.25, 0.3) is 5.56 Å². The van der Waals surface area contributed by atoms with Gasteiger partial charge in [-0.3, -0.25) is 4.79 Å². The lowest BCUT2D eigenvalue weighted by atomic mass is 9.82. The van der Waals surface area contributed by atoms with Gasteiger partial charge in [0.1, 0.15) is 0 Å². The number of hydrogen-bond donors (Lipinski definition) is 0. The van der Waals surface area contributed by atoms with Crippen LogP contribution in [0.25, 0.3) is 10.9 Å². The van der Waals surface area contributed by atoms with E-state index >= 15 is 0 Å². The molecule has 0 amide bonds. The van der Waals surface area contributed by atoms with E-state index < -0.39 is 17.3 Å². The van der Waals surface area contributed by atoms with Gasteiger partial charge in [0.2, 0.25) is 0 Å². The molecule has 1 aromatic carbocycles. The van der Waals surface area contributed by atoms with E-state index in [2.05, 4.69) is 11.8 Å². The first-order valence-corrected chi connectivity index (χ1v) is 9.34. The zero-order chi connectivity index (χ0) is 18.6. The highest BCUT2D eigenvalue weighted by atomic mass is 19.4. The van der Waals surface area contributed by atoms with Crippen LogP contribution in [-0.2, 0) is 13.2 Å². The molecule has 6 heteroatoms. The highest BCUT2D eigenvalue weighted by molar-refractivity contribution is 5.89. The molecule has 2 atom stereocenters. The second-order valence-corrected chi connectivity index (χ2v) is 7.53. The summed E-state index contributed by atoms with van der Waals surface area (Å²) < 4.78 is 42.0. The molecule has 2 aliphatic rings. The normalized spacial score (nSPS) is 22.6. The molecule has 0 bridgehead atoms. The molecule has 140 valence electrons. The van der Waals surface area contributed by atoms with Crippen LogP contribution < -0.4 is 10.5 Å². The second kappa shape index (κ2) is 6.03. The van der Waals surface area contributed by atoms with Gasteiger partial charge in [-0.15, -0.1) is 0 Å². The van der Waals surface area contributed by atoms with Crippen LogP contribution >= 0.6 is 0 Å². The Morgan fingerprint density at radius 1 is 1.15 bits per heavy atom. The molecular weight excluding hydrogens is 341 g/mol. The van der Waals surface area contributed by atoms with E-state index in [0.717, 1.165) is 49.5 Å². The number of rotatable bonds is 2. The van der Waals surface area contributed by atoms with Crippen molar-refractivity contribution in [2.24, 2.45) is 7.05 Å². The molecule has 26 heavy (non-hydrogen) atoms. The summed E-state index contributed by atoms with van der Waals surface area (Å²) in [5.41, 5.74) is 0.968. The maximum absolute atomic E-state index is 13.6. The third kappa shape index (κ3) is 2.53. The van der Waals surface area contributed by atoms with Crippen LogP contribution in [0, 0.1) is 0 Å². The van der Waals surface area contributed by atoms with Gasteiger partial charge in [0, 0.05) is 42.7 Å². The number of aryl methyl sites for hydroxylation is 1. The number of alkyl halides is 3. The molecule has 1 fully saturated rings. The van der Waals surface area contributed by atoms with E-state index in [4.69, 9.17) is 0 Å². The molecule has 1 aromatic heterocycles. The quantitative estimate of drug-likeness (QED) is 0.764. The van der Waals surface area contributed by atoms with Crippen LogP contribution in [0.2, 0.25) is 0 Å². The summed E-state index contributed by atoms with van der Waals surface area (Å²) in [5.74, 6) is 0.299. The van der Waals surface area contributed by atoms with Crippen molar-refractivity contribution >= 4 is 16.6 Å².